The molecule has 0 N–H and O–H groups in total. The van der Waals surface area contributed by atoms with Crippen LogP contribution in [-0.4, -0.2) is 9.99 Å². The molecule has 0 aromatic heterocycles. The Kier molecular flexibility index (Phi) is 27.4. The van der Waals surface area contributed by atoms with Crippen molar-refractivity contribution in [1.29, 1.82) is 0 Å². The maximum absolute atomic E-state index is 12.5. The Hall–Kier alpha value is -7.92. The Morgan fingerprint density at radius 3 is 0.756 bits per heavy atom. The molecule has 3 nitrogen and oxygen atoms in total. The molecule has 0 saturated heterocycles. The van der Waals surface area contributed by atoms with Gasteiger partial charge in [-0.25, -0.2) is 4.21 Å². The number of ether oxygens (including phenoxy) is 1. The first kappa shape index (κ1) is 72.3. The van der Waals surface area contributed by atoms with Crippen LogP contribution in [0.3, 0.4) is 0 Å². The summed E-state index contributed by atoms with van der Waals surface area (Å²) in [5.74, 6) is 1.90. The van der Waals surface area contributed by atoms with Gasteiger partial charge < -0.3 is 4.74 Å². The second-order valence-electron chi connectivity index (χ2n) is 23.1. The molecule has 0 fully saturated rings. The highest BCUT2D eigenvalue weighted by molar-refractivity contribution is 7.85. The summed E-state index contributed by atoms with van der Waals surface area (Å²) in [7, 11) is -1.08. The van der Waals surface area contributed by atoms with Gasteiger partial charge >= 0.3 is 0 Å². The molecule has 86 heavy (non-hydrogen) atoms. The lowest BCUT2D eigenvalue weighted by molar-refractivity contribution is 0.103. The molecule has 0 spiro atoms. The van der Waals surface area contributed by atoms with E-state index in [1.54, 1.807) is 0 Å². The molecule has 0 aliphatic carbocycles. The Morgan fingerprint density at radius 1 is 0.256 bits per heavy atom. The summed E-state index contributed by atoms with van der Waals surface area (Å²) in [4.78, 5) is 14.1. The number of fused-ring (bicyclic) bond motifs is 1. The van der Waals surface area contributed by atoms with Gasteiger partial charge in [0.25, 0.3) is 0 Å². The summed E-state index contributed by atoms with van der Waals surface area (Å²) in [6.07, 6.45) is 0. The summed E-state index contributed by atoms with van der Waals surface area (Å²) >= 11 is 0. The van der Waals surface area contributed by atoms with Gasteiger partial charge in [-0.2, -0.15) is 0 Å². The molecule has 10 aromatic rings. The summed E-state index contributed by atoms with van der Waals surface area (Å²) in [5, 5.41) is 2.72. The molecule has 452 valence electrons. The Labute approximate surface area is 523 Å². The molecule has 0 bridgehead atoms. The van der Waals surface area contributed by atoms with Gasteiger partial charge in [0.2, 0.25) is 0 Å². The van der Waals surface area contributed by atoms with E-state index >= 15 is 0 Å². The molecule has 0 aliphatic rings. The number of hydrogen-bond acceptors (Lipinski definition) is 3. The van der Waals surface area contributed by atoms with E-state index in [0.717, 1.165) is 43.5 Å². The summed E-state index contributed by atoms with van der Waals surface area (Å²) in [5.41, 5.74) is 29.7. The molecule has 0 amide bonds. The lowest BCUT2D eigenvalue weighted by Crippen LogP contribution is -2.03. The van der Waals surface area contributed by atoms with Crippen LogP contribution in [0, 0.1) is 138 Å². The lowest BCUT2D eigenvalue weighted by Gasteiger charge is -2.09. The molecule has 4 heteroatoms. The molecule has 10 rings (SSSR count). The predicted molar refractivity (Wildman–Crippen MR) is 378 cm³/mol. The van der Waals surface area contributed by atoms with E-state index in [2.05, 4.69) is 210 Å². The third-order valence-electron chi connectivity index (χ3n) is 16.5. The van der Waals surface area contributed by atoms with Gasteiger partial charge in [0, 0.05) is 20.9 Å². The number of aryl methyl sites for hydroxylation is 20. The van der Waals surface area contributed by atoms with E-state index < -0.39 is 10.8 Å². The monoisotopic (exact) mass is 1160 g/mol. The van der Waals surface area contributed by atoms with Crippen LogP contribution in [0.15, 0.2) is 180 Å². The van der Waals surface area contributed by atoms with E-state index in [9.17, 15) is 9.00 Å². The third-order valence-corrected chi connectivity index (χ3v) is 17.9. The second-order valence-corrected chi connectivity index (χ2v) is 24.6. The molecule has 10 aromatic carbocycles. The van der Waals surface area contributed by atoms with Gasteiger partial charge in [-0.3, -0.25) is 4.79 Å². The highest BCUT2D eigenvalue weighted by Gasteiger charge is 2.12. The lowest BCUT2D eigenvalue weighted by atomic mass is 9.97. The first-order chi connectivity index (χ1) is 39.2. The van der Waals surface area contributed by atoms with Crippen LogP contribution in [0.2, 0.25) is 0 Å². The zero-order chi connectivity index (χ0) is 61.0. The molecule has 0 aliphatic heterocycles. The zero-order valence-electron chi connectivity index (χ0n) is 53.3. The van der Waals surface area contributed by atoms with Crippen molar-refractivity contribution in [3.63, 3.8) is 0 Å². The standard InChI is InChI=1S/C17H18O.C16H18OS.C16H18O.C16H18.C14H16.3CH4/c1-11-5-7-15(9-13(11)3)17(18)16-8-6-12(2)14(4)10-16;1-11-5-7-15(9-13(11)3)18(17)16-8-6-12(2)14(4)10-16;1-11-5-7-15(9-13(11)3)17-16-8-6-12(2)14(4)10-16;1-11-5-7-15(9-13(11)3)16-8-6-12(2)14(4)10-16;1-9-5-13-7-11(3)12(4)8-14(13)6-10(9)2;;;/h2*5-10H,1-4H3;5-10H,1-4H3;5-10H,1-4H3;5-8H,1-4H3;3*1H4. The van der Waals surface area contributed by atoms with E-state index in [1.807, 2.05) is 98.8 Å². The molecule has 0 atom stereocenters. The number of carbonyl (C=O) groups is 1. The summed E-state index contributed by atoms with van der Waals surface area (Å²) in [6, 6.07) is 58.5. The highest BCUT2D eigenvalue weighted by Crippen LogP contribution is 2.28. The number of ketones is 1. The molecule has 0 unspecified atom stereocenters. The van der Waals surface area contributed by atoms with E-state index in [-0.39, 0.29) is 28.1 Å². The van der Waals surface area contributed by atoms with Crippen molar-refractivity contribution in [3.05, 3.63) is 292 Å². The Morgan fingerprint density at radius 2 is 0.488 bits per heavy atom. The summed E-state index contributed by atoms with van der Waals surface area (Å²) < 4.78 is 18.3. The SMILES string of the molecule is C.C.C.Cc1cc2cc(C)c(C)cc2cc1C.Cc1ccc(-c2ccc(C)c(C)c2)cc1C.Cc1ccc(C(=O)c2ccc(C)c(C)c2)cc1C.Cc1ccc(Oc2ccc(C)c(C)c2)cc1C.Cc1ccc(S(=O)c2ccc(C)c(C)c2)cc1C. The average Bonchev–Trinajstić information content (AvgIpc) is 2.74. The molecular weight excluding hydrogens is 1060 g/mol. The van der Waals surface area contributed by atoms with Gasteiger partial charge in [0.05, 0.1) is 10.8 Å². The number of rotatable bonds is 7. The van der Waals surface area contributed by atoms with Crippen molar-refractivity contribution in [2.24, 2.45) is 0 Å². The fraction of sp³-hybridized carbons (Fsp3) is 0.280. The maximum atomic E-state index is 12.5. The maximum Gasteiger partial charge on any atom is 0.193 e. The minimum atomic E-state index is -1.08. The predicted octanol–water partition coefficient (Wildman–Crippen LogP) is 23.5. The van der Waals surface area contributed by atoms with E-state index in [4.69, 9.17) is 4.74 Å². The Bertz CT molecular complexity index is 3580. The first-order valence-corrected chi connectivity index (χ1v) is 30.1. The van der Waals surface area contributed by atoms with Gasteiger partial charge in [-0.1, -0.05) is 131 Å². The topological polar surface area (TPSA) is 43.4 Å². The van der Waals surface area contributed by atoms with Gasteiger partial charge in [0.1, 0.15) is 11.5 Å². The molecular formula is C82H100O3S. The van der Waals surface area contributed by atoms with E-state index in [0.29, 0.717) is 0 Å². The quantitative estimate of drug-likeness (QED) is 0.149. The fourth-order valence-electron chi connectivity index (χ4n) is 9.06. The van der Waals surface area contributed by atoms with Crippen molar-refractivity contribution in [1.82, 2.24) is 0 Å². The van der Waals surface area contributed by atoms with Crippen LogP contribution >= 0.6 is 0 Å². The van der Waals surface area contributed by atoms with E-state index in [1.165, 1.54) is 122 Å². The number of hydrogen-bond donors (Lipinski definition) is 0. The molecule has 0 radical (unpaired) electrons. The van der Waals surface area contributed by atoms with Crippen molar-refractivity contribution in [2.75, 3.05) is 0 Å². The van der Waals surface area contributed by atoms with Crippen molar-refractivity contribution >= 4 is 27.4 Å². The first-order valence-electron chi connectivity index (χ1n) is 28.9. The smallest absolute Gasteiger partial charge is 0.193 e. The van der Waals surface area contributed by atoms with Crippen LogP contribution in [-0.2, 0) is 10.8 Å². The molecule has 0 saturated carbocycles. The van der Waals surface area contributed by atoms with Gasteiger partial charge in [-0.15, -0.1) is 0 Å². The largest absolute Gasteiger partial charge is 0.457 e. The van der Waals surface area contributed by atoms with Gasteiger partial charge in [-0.05, 0) is 332 Å². The Balaban J connectivity index is 0.000000280. The fourth-order valence-corrected chi connectivity index (χ4v) is 10.3. The van der Waals surface area contributed by atoms with Crippen LogP contribution in [0.4, 0.5) is 0 Å². The van der Waals surface area contributed by atoms with Crippen LogP contribution in [0.25, 0.3) is 21.9 Å². The highest BCUT2D eigenvalue weighted by atomic mass is 32.2. The summed E-state index contributed by atoms with van der Waals surface area (Å²) in [6.45, 7) is 42.2. The molecule has 0 heterocycles. The normalized spacial score (nSPS) is 10.2. The van der Waals surface area contributed by atoms with Gasteiger partial charge in [0.15, 0.2) is 5.78 Å². The minimum Gasteiger partial charge on any atom is -0.457 e. The third kappa shape index (κ3) is 19.6. The average molecular weight is 1170 g/mol. The van der Waals surface area contributed by atoms with Crippen LogP contribution in [0.1, 0.15) is 149 Å². The minimum absolute atomic E-state index is 0. The van der Waals surface area contributed by atoms with Crippen LogP contribution in [0.5, 0.6) is 11.5 Å². The zero-order valence-corrected chi connectivity index (χ0v) is 54.1. The van der Waals surface area contributed by atoms with Crippen molar-refractivity contribution in [2.45, 2.75) is 171 Å². The number of carbonyl (C=O) groups excluding carboxylic acids is 1. The number of benzene rings is 10. The van der Waals surface area contributed by atoms with Crippen molar-refractivity contribution in [3.8, 4) is 22.6 Å². The second kappa shape index (κ2) is 32.5. The van der Waals surface area contributed by atoms with Crippen molar-refractivity contribution < 1.29 is 13.7 Å². The van der Waals surface area contributed by atoms with Crippen LogP contribution < -0.4 is 4.74 Å².